The molecule has 1 heterocycles. The highest BCUT2D eigenvalue weighted by molar-refractivity contribution is 7.99. The van der Waals surface area contributed by atoms with Crippen molar-refractivity contribution in [2.45, 2.75) is 57.5 Å². The first-order chi connectivity index (χ1) is 9.10. The summed E-state index contributed by atoms with van der Waals surface area (Å²) in [6.45, 7) is 4.63. The number of hydrogen-bond acceptors (Lipinski definition) is 3. The highest BCUT2D eigenvalue weighted by atomic mass is 32.2. The van der Waals surface area contributed by atoms with E-state index in [2.05, 4.69) is 12.2 Å². The molecule has 1 saturated carbocycles. The Balaban J connectivity index is 2.11. The number of hydrogen-bond donors (Lipinski definition) is 1. The van der Waals surface area contributed by atoms with Crippen molar-refractivity contribution in [2.75, 3.05) is 18.1 Å². The maximum atomic E-state index is 12.8. The highest BCUT2D eigenvalue weighted by Crippen LogP contribution is 2.33. The van der Waals surface area contributed by atoms with Crippen molar-refractivity contribution < 1.29 is 9.59 Å². The van der Waals surface area contributed by atoms with Gasteiger partial charge < -0.3 is 10.2 Å². The minimum absolute atomic E-state index is 0.0167. The summed E-state index contributed by atoms with van der Waals surface area (Å²) in [6, 6.07) is -0.322. The number of nitrogens with one attached hydrogen (secondary N) is 1. The largest absolute Gasteiger partial charge is 0.340 e. The van der Waals surface area contributed by atoms with Gasteiger partial charge in [0.25, 0.3) is 0 Å². The summed E-state index contributed by atoms with van der Waals surface area (Å²) in [6.07, 6.45) is 4.87. The number of carbonyl (C=O) groups excluding carboxylic acids is 2. The van der Waals surface area contributed by atoms with Gasteiger partial charge in [-0.3, -0.25) is 9.59 Å². The normalized spacial score (nSPS) is 26.6. The Hall–Kier alpha value is -0.710. The van der Waals surface area contributed by atoms with Crippen LogP contribution in [-0.4, -0.2) is 46.3 Å². The standard InChI is InChI=1S/C14H24N2O2S/c1-3-19-10-9-16-11(2)12(17)15-14(13(16)18)7-5-4-6-8-14/h11H,3-10H2,1-2H3,(H,15,17). The monoisotopic (exact) mass is 284 g/mol. The first-order valence-corrected chi connectivity index (χ1v) is 8.47. The van der Waals surface area contributed by atoms with Crippen LogP contribution in [0.4, 0.5) is 0 Å². The molecule has 0 aromatic heterocycles. The minimum Gasteiger partial charge on any atom is -0.340 e. The number of thioether (sulfide) groups is 1. The van der Waals surface area contributed by atoms with Crippen LogP contribution in [0.1, 0.15) is 46.0 Å². The van der Waals surface area contributed by atoms with Crippen molar-refractivity contribution in [3.05, 3.63) is 0 Å². The third-order valence-electron chi connectivity index (χ3n) is 4.27. The second-order valence-electron chi connectivity index (χ2n) is 5.50. The number of carbonyl (C=O) groups is 2. The van der Waals surface area contributed by atoms with Crippen LogP contribution in [-0.2, 0) is 9.59 Å². The zero-order valence-electron chi connectivity index (χ0n) is 11.9. The van der Waals surface area contributed by atoms with Crippen molar-refractivity contribution in [1.29, 1.82) is 0 Å². The summed E-state index contributed by atoms with van der Waals surface area (Å²) in [5.74, 6) is 2.13. The van der Waals surface area contributed by atoms with Gasteiger partial charge in [-0.25, -0.2) is 0 Å². The van der Waals surface area contributed by atoms with Crippen molar-refractivity contribution in [2.24, 2.45) is 0 Å². The predicted molar refractivity (Wildman–Crippen MR) is 78.1 cm³/mol. The number of amides is 2. The fourth-order valence-corrected chi connectivity index (χ4v) is 3.70. The van der Waals surface area contributed by atoms with E-state index in [1.165, 1.54) is 6.42 Å². The highest BCUT2D eigenvalue weighted by Gasteiger charge is 2.49. The summed E-state index contributed by atoms with van der Waals surface area (Å²) in [7, 11) is 0. The third kappa shape index (κ3) is 2.91. The molecule has 19 heavy (non-hydrogen) atoms. The molecule has 0 aromatic rings. The smallest absolute Gasteiger partial charge is 0.249 e. The molecule has 0 aromatic carbocycles. The molecule has 2 aliphatic rings. The second kappa shape index (κ2) is 6.16. The van der Waals surface area contributed by atoms with Gasteiger partial charge in [-0.1, -0.05) is 26.2 Å². The molecule has 1 unspecified atom stereocenters. The van der Waals surface area contributed by atoms with Gasteiger partial charge in [0.05, 0.1) is 0 Å². The van der Waals surface area contributed by atoms with E-state index in [4.69, 9.17) is 0 Å². The lowest BCUT2D eigenvalue weighted by Gasteiger charge is -2.46. The molecule has 2 fully saturated rings. The molecule has 1 aliphatic heterocycles. The van der Waals surface area contributed by atoms with Gasteiger partial charge in [-0.2, -0.15) is 11.8 Å². The van der Waals surface area contributed by atoms with E-state index < -0.39 is 5.54 Å². The van der Waals surface area contributed by atoms with E-state index in [0.29, 0.717) is 6.54 Å². The molecule has 1 N–H and O–H groups in total. The van der Waals surface area contributed by atoms with Crippen LogP contribution in [0.15, 0.2) is 0 Å². The summed E-state index contributed by atoms with van der Waals surface area (Å²) in [5.41, 5.74) is -0.585. The lowest BCUT2D eigenvalue weighted by molar-refractivity contribution is -0.155. The third-order valence-corrected chi connectivity index (χ3v) is 5.15. The van der Waals surface area contributed by atoms with Gasteiger partial charge in [0, 0.05) is 12.3 Å². The second-order valence-corrected chi connectivity index (χ2v) is 6.90. The van der Waals surface area contributed by atoms with Crippen LogP contribution < -0.4 is 5.32 Å². The van der Waals surface area contributed by atoms with E-state index in [9.17, 15) is 9.59 Å². The topological polar surface area (TPSA) is 49.4 Å². The van der Waals surface area contributed by atoms with Crippen LogP contribution in [0.25, 0.3) is 0 Å². The van der Waals surface area contributed by atoms with Crippen molar-refractivity contribution >= 4 is 23.6 Å². The Morgan fingerprint density at radius 3 is 2.63 bits per heavy atom. The predicted octanol–water partition coefficient (Wildman–Crippen LogP) is 1.79. The van der Waals surface area contributed by atoms with E-state index in [-0.39, 0.29) is 17.9 Å². The molecule has 4 nitrogen and oxygen atoms in total. The molecule has 2 rings (SSSR count). The van der Waals surface area contributed by atoms with Crippen molar-refractivity contribution in [1.82, 2.24) is 10.2 Å². The van der Waals surface area contributed by atoms with Crippen molar-refractivity contribution in [3.63, 3.8) is 0 Å². The summed E-state index contributed by atoms with van der Waals surface area (Å²) >= 11 is 1.82. The van der Waals surface area contributed by atoms with Gasteiger partial charge in [0.1, 0.15) is 11.6 Å². The Labute approximate surface area is 119 Å². The molecule has 1 spiro atoms. The Bertz CT molecular complexity index is 353. The van der Waals surface area contributed by atoms with E-state index in [0.717, 1.165) is 37.2 Å². The molecule has 1 aliphatic carbocycles. The van der Waals surface area contributed by atoms with Crippen molar-refractivity contribution in [3.8, 4) is 0 Å². The average Bonchev–Trinajstić information content (AvgIpc) is 2.42. The number of rotatable bonds is 4. The summed E-state index contributed by atoms with van der Waals surface area (Å²) in [5, 5.41) is 3.01. The first kappa shape index (κ1) is 14.7. The zero-order chi connectivity index (χ0) is 13.9. The summed E-state index contributed by atoms with van der Waals surface area (Å²) < 4.78 is 0. The molecule has 0 bridgehead atoms. The van der Waals surface area contributed by atoms with Gasteiger partial charge in [0.15, 0.2) is 0 Å². The fourth-order valence-electron chi connectivity index (χ4n) is 3.08. The molecule has 1 atom stereocenters. The Morgan fingerprint density at radius 1 is 1.32 bits per heavy atom. The molecular formula is C14H24N2O2S. The summed E-state index contributed by atoms with van der Waals surface area (Å²) in [4.78, 5) is 26.7. The number of nitrogens with zero attached hydrogens (tertiary/aromatic N) is 1. The molecular weight excluding hydrogens is 260 g/mol. The van der Waals surface area contributed by atoms with E-state index in [1.807, 2.05) is 18.7 Å². The van der Waals surface area contributed by atoms with Crippen LogP contribution in [0.2, 0.25) is 0 Å². The lowest BCUT2D eigenvalue weighted by atomic mass is 9.78. The van der Waals surface area contributed by atoms with Gasteiger partial charge >= 0.3 is 0 Å². The SMILES string of the molecule is CCSCCN1C(=O)C2(CCCCC2)NC(=O)C1C. The van der Waals surface area contributed by atoms with Gasteiger partial charge in [-0.15, -0.1) is 0 Å². The molecule has 1 saturated heterocycles. The maximum Gasteiger partial charge on any atom is 0.249 e. The molecule has 2 amide bonds. The van der Waals surface area contributed by atoms with Gasteiger partial charge in [0.2, 0.25) is 11.8 Å². The van der Waals surface area contributed by atoms with E-state index in [1.54, 1.807) is 4.90 Å². The van der Waals surface area contributed by atoms with E-state index >= 15 is 0 Å². The van der Waals surface area contributed by atoms with Gasteiger partial charge in [-0.05, 0) is 25.5 Å². The Kier molecular flexibility index (Phi) is 4.76. The minimum atomic E-state index is -0.585. The zero-order valence-corrected chi connectivity index (χ0v) is 12.7. The Morgan fingerprint density at radius 2 is 2.00 bits per heavy atom. The molecule has 108 valence electrons. The maximum absolute atomic E-state index is 12.8. The fraction of sp³-hybridized carbons (Fsp3) is 0.857. The molecule has 5 heteroatoms. The van der Waals surface area contributed by atoms with Crippen LogP contribution >= 0.6 is 11.8 Å². The van der Waals surface area contributed by atoms with Crippen LogP contribution in [0.3, 0.4) is 0 Å². The first-order valence-electron chi connectivity index (χ1n) is 7.31. The quantitative estimate of drug-likeness (QED) is 0.801. The average molecular weight is 284 g/mol. The lowest BCUT2D eigenvalue weighted by Crippen LogP contribution is -2.70. The number of piperazine rings is 1. The molecule has 0 radical (unpaired) electrons. The van der Waals surface area contributed by atoms with Crippen LogP contribution in [0.5, 0.6) is 0 Å². The van der Waals surface area contributed by atoms with Crippen LogP contribution in [0, 0.1) is 0 Å².